The highest BCUT2D eigenvalue weighted by Gasteiger charge is 2.24. The van der Waals surface area contributed by atoms with Gasteiger partial charge in [0.25, 0.3) is 11.5 Å². The van der Waals surface area contributed by atoms with Crippen molar-refractivity contribution >= 4 is 39.2 Å². The SMILES string of the molecule is CSCc1cccc(C(=O)N2CCN(Cc3nc4sc5c(c4c(=O)[nH]3)CCCC5)CC2)c1. The van der Waals surface area contributed by atoms with E-state index in [-0.39, 0.29) is 11.5 Å². The molecule has 1 amide bonds. The summed E-state index contributed by atoms with van der Waals surface area (Å²) in [5, 5.41) is 0.813. The molecule has 2 aliphatic rings. The Morgan fingerprint density at radius 3 is 2.81 bits per heavy atom. The number of hydrogen-bond donors (Lipinski definition) is 1. The van der Waals surface area contributed by atoms with Crippen LogP contribution in [0.5, 0.6) is 0 Å². The molecule has 1 N–H and O–H groups in total. The number of fused-ring (bicyclic) bond motifs is 3. The molecule has 0 saturated carbocycles. The van der Waals surface area contributed by atoms with Gasteiger partial charge >= 0.3 is 0 Å². The topological polar surface area (TPSA) is 69.3 Å². The summed E-state index contributed by atoms with van der Waals surface area (Å²) in [7, 11) is 0. The van der Waals surface area contributed by atoms with Crippen molar-refractivity contribution in [3.63, 3.8) is 0 Å². The lowest BCUT2D eigenvalue weighted by atomic mass is 9.97. The average Bonchev–Trinajstić information content (AvgIpc) is 3.18. The number of thioether (sulfide) groups is 1. The van der Waals surface area contributed by atoms with Gasteiger partial charge in [0.05, 0.1) is 11.9 Å². The maximum atomic E-state index is 13.0. The first-order valence-electron chi connectivity index (χ1n) is 11.3. The summed E-state index contributed by atoms with van der Waals surface area (Å²) in [5.41, 5.74) is 3.18. The highest BCUT2D eigenvalue weighted by molar-refractivity contribution is 7.97. The van der Waals surface area contributed by atoms with Crippen LogP contribution in [0.15, 0.2) is 29.1 Å². The van der Waals surface area contributed by atoms with Crippen molar-refractivity contribution in [2.45, 2.75) is 38.0 Å². The van der Waals surface area contributed by atoms with Gasteiger partial charge in [0, 0.05) is 42.4 Å². The van der Waals surface area contributed by atoms with Gasteiger partial charge in [0.15, 0.2) is 0 Å². The minimum atomic E-state index is 0.00309. The Balaban J connectivity index is 1.24. The van der Waals surface area contributed by atoms with Crippen LogP contribution in [0.3, 0.4) is 0 Å². The number of amides is 1. The van der Waals surface area contributed by atoms with E-state index in [9.17, 15) is 9.59 Å². The van der Waals surface area contributed by atoms with Gasteiger partial charge in [0.1, 0.15) is 10.7 Å². The van der Waals surface area contributed by atoms with Gasteiger partial charge in [-0.05, 0) is 55.2 Å². The minimum absolute atomic E-state index is 0.00309. The number of nitrogens with one attached hydrogen (secondary N) is 1. The Kier molecular flexibility index (Phi) is 6.35. The number of thiophene rings is 1. The molecule has 0 atom stereocenters. The van der Waals surface area contributed by atoms with Crippen LogP contribution in [0, 0.1) is 0 Å². The van der Waals surface area contributed by atoms with Crippen molar-refractivity contribution in [1.82, 2.24) is 19.8 Å². The maximum Gasteiger partial charge on any atom is 0.259 e. The van der Waals surface area contributed by atoms with Gasteiger partial charge < -0.3 is 9.88 Å². The number of carbonyl (C=O) groups excluding carboxylic acids is 1. The normalized spacial score (nSPS) is 17.0. The number of aromatic amines is 1. The summed E-state index contributed by atoms with van der Waals surface area (Å²) >= 11 is 3.45. The van der Waals surface area contributed by atoms with E-state index in [1.165, 1.54) is 22.4 Å². The van der Waals surface area contributed by atoms with Crippen LogP contribution in [0.25, 0.3) is 10.2 Å². The van der Waals surface area contributed by atoms with Crippen LogP contribution < -0.4 is 5.56 Å². The van der Waals surface area contributed by atoms with Gasteiger partial charge in [-0.1, -0.05) is 12.1 Å². The lowest BCUT2D eigenvalue weighted by Crippen LogP contribution is -2.48. The van der Waals surface area contributed by atoms with Crippen LogP contribution >= 0.6 is 23.1 Å². The second kappa shape index (κ2) is 9.37. The molecule has 32 heavy (non-hydrogen) atoms. The quantitative estimate of drug-likeness (QED) is 0.619. The highest BCUT2D eigenvalue weighted by Crippen LogP contribution is 2.33. The fourth-order valence-corrected chi connectivity index (χ4v) is 6.54. The fourth-order valence-electron chi connectivity index (χ4n) is 4.75. The monoisotopic (exact) mass is 468 g/mol. The lowest BCUT2D eigenvalue weighted by molar-refractivity contribution is 0.0625. The predicted molar refractivity (Wildman–Crippen MR) is 132 cm³/mol. The number of carbonyl (C=O) groups is 1. The predicted octanol–water partition coefficient (Wildman–Crippen LogP) is 3.68. The molecule has 1 aliphatic carbocycles. The van der Waals surface area contributed by atoms with E-state index < -0.39 is 0 Å². The van der Waals surface area contributed by atoms with E-state index in [0.29, 0.717) is 19.6 Å². The first kappa shape index (κ1) is 21.7. The zero-order valence-electron chi connectivity index (χ0n) is 18.4. The van der Waals surface area contributed by atoms with Gasteiger partial charge in [-0.15, -0.1) is 11.3 Å². The molecule has 6 nitrogen and oxygen atoms in total. The van der Waals surface area contributed by atoms with E-state index in [4.69, 9.17) is 4.98 Å². The molecule has 0 bridgehead atoms. The Morgan fingerprint density at radius 1 is 1.19 bits per heavy atom. The summed E-state index contributed by atoms with van der Waals surface area (Å²) in [6.45, 7) is 3.54. The fraction of sp³-hybridized carbons (Fsp3) is 0.458. The second-order valence-corrected chi connectivity index (χ2v) is 10.6. The van der Waals surface area contributed by atoms with Crippen molar-refractivity contribution in [2.24, 2.45) is 0 Å². The van der Waals surface area contributed by atoms with Gasteiger partial charge in [-0.2, -0.15) is 11.8 Å². The van der Waals surface area contributed by atoms with E-state index in [1.807, 2.05) is 23.1 Å². The third kappa shape index (κ3) is 4.36. The number of rotatable bonds is 5. The minimum Gasteiger partial charge on any atom is -0.336 e. The van der Waals surface area contributed by atoms with Crippen LogP contribution in [0.1, 0.15) is 45.0 Å². The van der Waals surface area contributed by atoms with E-state index in [0.717, 1.165) is 59.7 Å². The molecule has 1 fully saturated rings. The Bertz CT molecular complexity index is 1190. The number of nitrogens with zero attached hydrogens (tertiary/aromatic N) is 3. The maximum absolute atomic E-state index is 13.0. The van der Waals surface area contributed by atoms with Gasteiger partial charge in [0.2, 0.25) is 0 Å². The second-order valence-electron chi connectivity index (χ2n) is 8.61. The number of aryl methyl sites for hydroxylation is 2. The lowest BCUT2D eigenvalue weighted by Gasteiger charge is -2.34. The van der Waals surface area contributed by atoms with Crippen molar-refractivity contribution in [1.29, 1.82) is 0 Å². The third-order valence-corrected chi connectivity index (χ3v) is 8.20. The van der Waals surface area contributed by atoms with E-state index in [1.54, 1.807) is 23.1 Å². The molecule has 3 aromatic rings. The van der Waals surface area contributed by atoms with Gasteiger partial charge in [-0.25, -0.2) is 4.98 Å². The molecule has 1 aromatic carbocycles. The first-order chi connectivity index (χ1) is 15.6. The molecule has 0 radical (unpaired) electrons. The van der Waals surface area contributed by atoms with Crippen LogP contribution in [-0.2, 0) is 25.1 Å². The molecule has 0 spiro atoms. The molecule has 168 valence electrons. The van der Waals surface area contributed by atoms with Crippen molar-refractivity contribution in [2.75, 3.05) is 32.4 Å². The zero-order chi connectivity index (χ0) is 22.1. The molecule has 1 saturated heterocycles. The number of H-pyrrole nitrogens is 1. The molecule has 5 rings (SSSR count). The van der Waals surface area contributed by atoms with Crippen LogP contribution in [0.4, 0.5) is 0 Å². The Hall–Kier alpha value is -2.16. The summed E-state index contributed by atoms with van der Waals surface area (Å²) in [6, 6.07) is 7.95. The Morgan fingerprint density at radius 2 is 2.00 bits per heavy atom. The van der Waals surface area contributed by atoms with E-state index in [2.05, 4.69) is 22.2 Å². The standard InChI is InChI=1S/C24H28N4O2S2/c1-31-15-16-5-4-6-17(13-16)24(30)28-11-9-27(10-12-28)14-20-25-22(29)21-18-7-2-3-8-19(18)32-23(21)26-20/h4-6,13H,2-3,7-12,14-15H2,1H3,(H,25,26,29). The number of benzene rings is 1. The number of hydrogen-bond acceptors (Lipinski definition) is 6. The number of piperazine rings is 1. The smallest absolute Gasteiger partial charge is 0.259 e. The molecule has 2 aromatic heterocycles. The summed E-state index contributed by atoms with van der Waals surface area (Å²) in [4.78, 5) is 40.0. The molecular weight excluding hydrogens is 440 g/mol. The number of aromatic nitrogens is 2. The van der Waals surface area contributed by atoms with Crippen LogP contribution in [0.2, 0.25) is 0 Å². The summed E-state index contributed by atoms with van der Waals surface area (Å²) < 4.78 is 0. The largest absolute Gasteiger partial charge is 0.336 e. The third-order valence-electron chi connectivity index (χ3n) is 6.39. The van der Waals surface area contributed by atoms with E-state index >= 15 is 0 Å². The van der Waals surface area contributed by atoms with Gasteiger partial charge in [-0.3, -0.25) is 14.5 Å². The molecular formula is C24H28N4O2S2. The first-order valence-corrected chi connectivity index (χ1v) is 13.5. The summed E-state index contributed by atoms with van der Waals surface area (Å²) in [5.74, 6) is 1.74. The average molecular weight is 469 g/mol. The van der Waals surface area contributed by atoms with Crippen molar-refractivity contribution < 1.29 is 4.79 Å². The molecule has 1 aliphatic heterocycles. The zero-order valence-corrected chi connectivity index (χ0v) is 20.0. The molecule has 3 heterocycles. The molecule has 8 heteroatoms. The van der Waals surface area contributed by atoms with Crippen molar-refractivity contribution in [3.05, 3.63) is 62.0 Å². The molecule has 0 unspecified atom stereocenters. The highest BCUT2D eigenvalue weighted by atomic mass is 32.2. The van der Waals surface area contributed by atoms with Crippen molar-refractivity contribution in [3.8, 4) is 0 Å². The Labute approximate surface area is 196 Å². The summed E-state index contributed by atoms with van der Waals surface area (Å²) in [6.07, 6.45) is 6.50. The van der Waals surface area contributed by atoms with Crippen LogP contribution in [-0.4, -0.2) is 58.1 Å².